The van der Waals surface area contributed by atoms with Gasteiger partial charge in [0.15, 0.2) is 8.32 Å². The zero-order valence-corrected chi connectivity index (χ0v) is 28.0. The molecule has 0 aliphatic carbocycles. The molecule has 0 aromatic heterocycles. The van der Waals surface area contributed by atoms with Crippen LogP contribution in [0.2, 0.25) is 28.2 Å². The summed E-state index contributed by atoms with van der Waals surface area (Å²) in [6.45, 7) is 13.5. The lowest BCUT2D eigenvalue weighted by molar-refractivity contribution is 0.0943. The summed E-state index contributed by atoms with van der Waals surface area (Å²) in [6, 6.07) is 12.2. The summed E-state index contributed by atoms with van der Waals surface area (Å²) in [4.78, 5) is 13.4. The fraction of sp³-hybridized carbons (Fsp3) is 0.517. The Bertz CT molecular complexity index is 1360. The number of nitrogens with one attached hydrogen (secondary N) is 1. The number of para-hydroxylation sites is 1. The van der Waals surface area contributed by atoms with Gasteiger partial charge in [-0.2, -0.15) is 13.7 Å². The molecular formula is C29H40Cl2N2O6SSi. The molecular weight excluding hydrogens is 603 g/mol. The van der Waals surface area contributed by atoms with E-state index in [1.807, 2.05) is 6.07 Å². The van der Waals surface area contributed by atoms with E-state index < -0.39 is 24.3 Å². The first-order chi connectivity index (χ1) is 18.9. The summed E-state index contributed by atoms with van der Waals surface area (Å²) >= 11 is 12.5. The SMILES string of the molecule is CC(COc1c(C#N)cccc1C(=O)NCC(CCO[Si](C)(C)C(C)(C)C)c1ccc(Cl)c(Cl)c1)COS(C)(=O)=O. The van der Waals surface area contributed by atoms with Crippen molar-refractivity contribution in [2.45, 2.75) is 58.2 Å². The van der Waals surface area contributed by atoms with Crippen molar-refractivity contribution in [3.8, 4) is 11.8 Å². The lowest BCUT2D eigenvalue weighted by Gasteiger charge is -2.36. The summed E-state index contributed by atoms with van der Waals surface area (Å²) < 4.78 is 39.7. The molecule has 2 aromatic carbocycles. The molecule has 8 nitrogen and oxygen atoms in total. The van der Waals surface area contributed by atoms with E-state index in [2.05, 4.69) is 45.3 Å². The van der Waals surface area contributed by atoms with Crippen LogP contribution in [-0.4, -0.2) is 55.3 Å². The molecule has 12 heteroatoms. The van der Waals surface area contributed by atoms with Crippen molar-refractivity contribution < 1.29 is 26.6 Å². The van der Waals surface area contributed by atoms with Crippen LogP contribution in [0, 0.1) is 17.2 Å². The first-order valence-corrected chi connectivity index (χ1v) is 18.8. The summed E-state index contributed by atoms with van der Waals surface area (Å²) in [5.74, 6) is -0.707. The van der Waals surface area contributed by atoms with Crippen LogP contribution >= 0.6 is 23.2 Å². The molecule has 2 unspecified atom stereocenters. The number of halogens is 2. The van der Waals surface area contributed by atoms with Crippen molar-refractivity contribution in [3.05, 3.63) is 63.1 Å². The number of hydrogen-bond donors (Lipinski definition) is 1. The fourth-order valence-corrected chi connectivity index (χ4v) is 5.46. The van der Waals surface area contributed by atoms with Crippen LogP contribution in [0.1, 0.15) is 61.5 Å². The largest absolute Gasteiger partial charge is 0.491 e. The molecule has 1 N–H and O–H groups in total. The normalized spacial score (nSPS) is 13.8. The molecule has 0 fully saturated rings. The van der Waals surface area contributed by atoms with Gasteiger partial charge in [0.2, 0.25) is 0 Å². The van der Waals surface area contributed by atoms with E-state index in [4.69, 9.17) is 36.5 Å². The molecule has 0 aliphatic rings. The lowest BCUT2D eigenvalue weighted by atomic mass is 9.95. The molecule has 0 saturated carbocycles. The fourth-order valence-electron chi connectivity index (χ4n) is 3.61. The minimum Gasteiger partial charge on any atom is -0.491 e. The predicted molar refractivity (Wildman–Crippen MR) is 166 cm³/mol. The number of ether oxygens (including phenoxy) is 1. The van der Waals surface area contributed by atoms with Gasteiger partial charge in [-0.1, -0.05) is 63.0 Å². The van der Waals surface area contributed by atoms with E-state index in [9.17, 15) is 18.5 Å². The van der Waals surface area contributed by atoms with Gasteiger partial charge in [-0.25, -0.2) is 0 Å². The quantitative estimate of drug-likeness (QED) is 0.178. The molecule has 2 rings (SSSR count). The van der Waals surface area contributed by atoms with Gasteiger partial charge in [-0.15, -0.1) is 0 Å². The molecule has 0 bridgehead atoms. The zero-order valence-electron chi connectivity index (χ0n) is 24.7. The van der Waals surface area contributed by atoms with Gasteiger partial charge >= 0.3 is 0 Å². The molecule has 0 aliphatic heterocycles. The molecule has 1 amide bonds. The lowest BCUT2D eigenvalue weighted by Crippen LogP contribution is -2.41. The Morgan fingerprint density at radius 1 is 1.12 bits per heavy atom. The van der Waals surface area contributed by atoms with Gasteiger partial charge in [0, 0.05) is 25.0 Å². The standard InChI is InChI=1S/C29H40Cl2N2O6SSi/c1-20(19-38-40(5,35)36)18-37-27-22(16-32)9-8-10-24(27)28(34)33-17-23(21-11-12-25(30)26(31)15-21)13-14-39-41(6,7)29(2,3)4/h8-12,15,20,23H,13-14,17-19H2,1-7H3,(H,33,34). The first kappa shape index (κ1) is 35.1. The average Bonchev–Trinajstić information content (AvgIpc) is 2.88. The number of hydrogen-bond acceptors (Lipinski definition) is 7. The summed E-state index contributed by atoms with van der Waals surface area (Å²) in [5.41, 5.74) is 1.31. The summed E-state index contributed by atoms with van der Waals surface area (Å²) in [7, 11) is -5.56. The highest BCUT2D eigenvalue weighted by Crippen LogP contribution is 2.37. The second-order valence-corrected chi connectivity index (χ2v) is 18.9. The first-order valence-electron chi connectivity index (χ1n) is 13.3. The maximum absolute atomic E-state index is 13.4. The van der Waals surface area contributed by atoms with Gasteiger partial charge in [-0.3, -0.25) is 8.98 Å². The number of benzene rings is 2. The third-order valence-electron chi connectivity index (χ3n) is 7.12. The average molecular weight is 644 g/mol. The Morgan fingerprint density at radius 2 is 1.80 bits per heavy atom. The van der Waals surface area contributed by atoms with E-state index >= 15 is 0 Å². The van der Waals surface area contributed by atoms with Crippen LogP contribution < -0.4 is 10.1 Å². The van der Waals surface area contributed by atoms with Crippen LogP contribution in [0.25, 0.3) is 0 Å². The highest BCUT2D eigenvalue weighted by atomic mass is 35.5. The second kappa shape index (κ2) is 14.9. The van der Waals surface area contributed by atoms with Gasteiger partial charge in [0.05, 0.1) is 40.6 Å². The number of nitrogens with zero attached hydrogens (tertiary/aromatic N) is 1. The molecule has 41 heavy (non-hydrogen) atoms. The third kappa shape index (κ3) is 10.9. The van der Waals surface area contributed by atoms with Crippen molar-refractivity contribution in [3.63, 3.8) is 0 Å². The molecule has 0 saturated heterocycles. The van der Waals surface area contributed by atoms with Crippen LogP contribution in [0.15, 0.2) is 36.4 Å². The number of amides is 1. The third-order valence-corrected chi connectivity index (χ3v) is 13.0. The molecule has 0 heterocycles. The van der Waals surface area contributed by atoms with Crippen LogP contribution in [0.3, 0.4) is 0 Å². The Kier molecular flexibility index (Phi) is 12.7. The minimum absolute atomic E-state index is 0.0468. The van der Waals surface area contributed by atoms with Crippen molar-refractivity contribution >= 4 is 47.5 Å². The van der Waals surface area contributed by atoms with Crippen molar-refractivity contribution in [2.75, 3.05) is 32.6 Å². The van der Waals surface area contributed by atoms with Gasteiger partial charge in [-0.05, 0) is 54.4 Å². The van der Waals surface area contributed by atoms with E-state index in [0.717, 1.165) is 11.8 Å². The Labute approximate surface area is 255 Å². The number of carbonyl (C=O) groups is 1. The monoisotopic (exact) mass is 642 g/mol. The predicted octanol–water partition coefficient (Wildman–Crippen LogP) is 6.78. The van der Waals surface area contributed by atoms with Gasteiger partial charge in [0.1, 0.15) is 11.8 Å². The number of nitriles is 1. The minimum atomic E-state index is -3.60. The Balaban J connectivity index is 2.21. The smallest absolute Gasteiger partial charge is 0.264 e. The maximum atomic E-state index is 13.4. The zero-order chi connectivity index (χ0) is 31.0. The number of rotatable bonds is 14. The highest BCUT2D eigenvalue weighted by molar-refractivity contribution is 7.85. The van der Waals surface area contributed by atoms with Crippen LogP contribution in [0.4, 0.5) is 0 Å². The second-order valence-electron chi connectivity index (χ2n) is 11.7. The maximum Gasteiger partial charge on any atom is 0.264 e. The Morgan fingerprint density at radius 3 is 2.39 bits per heavy atom. The summed E-state index contributed by atoms with van der Waals surface area (Å²) in [6.07, 6.45) is 1.61. The van der Waals surface area contributed by atoms with Gasteiger partial charge < -0.3 is 14.5 Å². The topological polar surface area (TPSA) is 115 Å². The van der Waals surface area contributed by atoms with Crippen LogP contribution in [0.5, 0.6) is 5.75 Å². The van der Waals surface area contributed by atoms with E-state index in [1.54, 1.807) is 37.3 Å². The van der Waals surface area contributed by atoms with Crippen molar-refractivity contribution in [1.82, 2.24) is 5.32 Å². The van der Waals surface area contributed by atoms with Crippen molar-refractivity contribution in [1.29, 1.82) is 5.26 Å². The summed E-state index contributed by atoms with van der Waals surface area (Å²) in [5, 5.41) is 13.6. The molecule has 2 aromatic rings. The van der Waals surface area contributed by atoms with Gasteiger partial charge in [0.25, 0.3) is 16.0 Å². The number of carbonyl (C=O) groups excluding carboxylic acids is 1. The highest BCUT2D eigenvalue weighted by Gasteiger charge is 2.37. The molecule has 2 atom stereocenters. The van der Waals surface area contributed by atoms with E-state index in [-0.39, 0.29) is 53.5 Å². The van der Waals surface area contributed by atoms with Crippen molar-refractivity contribution in [2.24, 2.45) is 5.92 Å². The molecule has 0 radical (unpaired) electrons. The molecule has 0 spiro atoms. The molecule has 226 valence electrons. The van der Waals surface area contributed by atoms with E-state index in [1.165, 1.54) is 0 Å². The van der Waals surface area contributed by atoms with E-state index in [0.29, 0.717) is 23.1 Å². The van der Waals surface area contributed by atoms with Crippen LogP contribution in [-0.2, 0) is 18.7 Å². The Hall–Kier alpha value is -2.13.